The SMILES string of the molecule is Cn1c(O)c(C2=NNC(c3cccc4ccccc34)C2)c(=O)[nH]c1=O. The van der Waals surface area contributed by atoms with Gasteiger partial charge >= 0.3 is 5.69 Å². The first kappa shape index (κ1) is 15.2. The molecule has 1 aliphatic heterocycles. The molecule has 0 bridgehead atoms. The highest BCUT2D eigenvalue weighted by Crippen LogP contribution is 2.30. The molecule has 0 spiro atoms. The van der Waals surface area contributed by atoms with Crippen molar-refractivity contribution in [1.82, 2.24) is 15.0 Å². The summed E-state index contributed by atoms with van der Waals surface area (Å²) in [6.07, 6.45) is 0.433. The van der Waals surface area contributed by atoms with Crippen molar-refractivity contribution in [2.45, 2.75) is 12.5 Å². The van der Waals surface area contributed by atoms with E-state index in [2.05, 4.69) is 15.5 Å². The maximum atomic E-state index is 12.1. The van der Waals surface area contributed by atoms with Crippen LogP contribution in [-0.2, 0) is 7.05 Å². The summed E-state index contributed by atoms with van der Waals surface area (Å²) >= 11 is 0. The molecular weight excluding hydrogens is 320 g/mol. The minimum Gasteiger partial charge on any atom is -0.494 e. The minimum atomic E-state index is -0.664. The number of hydrogen-bond donors (Lipinski definition) is 3. The van der Waals surface area contributed by atoms with Crippen molar-refractivity contribution >= 4 is 16.5 Å². The van der Waals surface area contributed by atoms with Gasteiger partial charge in [-0.1, -0.05) is 42.5 Å². The van der Waals surface area contributed by atoms with Crippen molar-refractivity contribution in [2.75, 3.05) is 0 Å². The summed E-state index contributed by atoms with van der Waals surface area (Å²) in [5.74, 6) is -0.382. The van der Waals surface area contributed by atoms with Crippen molar-refractivity contribution < 1.29 is 5.11 Å². The van der Waals surface area contributed by atoms with Gasteiger partial charge in [0.1, 0.15) is 5.56 Å². The number of H-pyrrole nitrogens is 1. The molecule has 2 heterocycles. The highest BCUT2D eigenvalue weighted by Gasteiger charge is 2.27. The van der Waals surface area contributed by atoms with Crippen LogP contribution in [0.25, 0.3) is 10.8 Å². The smallest absolute Gasteiger partial charge is 0.330 e. The highest BCUT2D eigenvalue weighted by atomic mass is 16.3. The number of hydrogen-bond acceptors (Lipinski definition) is 5. The molecule has 0 aliphatic carbocycles. The Bertz CT molecular complexity index is 1120. The Balaban J connectivity index is 1.74. The van der Waals surface area contributed by atoms with Gasteiger partial charge in [-0.2, -0.15) is 5.10 Å². The average Bonchev–Trinajstić information content (AvgIpc) is 3.09. The summed E-state index contributed by atoms with van der Waals surface area (Å²) in [5, 5.41) is 16.6. The van der Waals surface area contributed by atoms with Gasteiger partial charge in [0.2, 0.25) is 5.88 Å². The maximum absolute atomic E-state index is 12.1. The molecular formula is C18H16N4O3. The van der Waals surface area contributed by atoms with E-state index in [0.717, 1.165) is 20.9 Å². The third-order valence-corrected chi connectivity index (χ3v) is 4.53. The Labute approximate surface area is 142 Å². The molecule has 7 heteroatoms. The molecule has 1 aliphatic rings. The molecule has 25 heavy (non-hydrogen) atoms. The van der Waals surface area contributed by atoms with Gasteiger partial charge in [0.25, 0.3) is 5.56 Å². The third-order valence-electron chi connectivity index (χ3n) is 4.53. The van der Waals surface area contributed by atoms with Crippen molar-refractivity contribution in [3.63, 3.8) is 0 Å². The second kappa shape index (κ2) is 5.62. The number of aromatic hydroxyl groups is 1. The van der Waals surface area contributed by atoms with Crippen LogP contribution in [0, 0.1) is 0 Å². The Hall–Kier alpha value is -3.35. The van der Waals surface area contributed by atoms with Crippen LogP contribution >= 0.6 is 0 Å². The molecule has 1 unspecified atom stereocenters. The van der Waals surface area contributed by atoms with E-state index in [-0.39, 0.29) is 17.5 Å². The van der Waals surface area contributed by atoms with Gasteiger partial charge in [-0.3, -0.25) is 14.3 Å². The number of benzene rings is 2. The number of rotatable bonds is 2. The summed E-state index contributed by atoms with van der Waals surface area (Å²) in [7, 11) is 1.39. The Morgan fingerprint density at radius 1 is 1.16 bits per heavy atom. The van der Waals surface area contributed by atoms with Gasteiger partial charge in [0.05, 0.1) is 11.8 Å². The fourth-order valence-corrected chi connectivity index (χ4v) is 3.20. The maximum Gasteiger partial charge on any atom is 0.330 e. The van der Waals surface area contributed by atoms with E-state index in [0.29, 0.717) is 12.1 Å². The first-order chi connectivity index (χ1) is 12.1. The quantitative estimate of drug-likeness (QED) is 0.658. The summed E-state index contributed by atoms with van der Waals surface area (Å²) in [6, 6.07) is 14.0. The lowest BCUT2D eigenvalue weighted by Gasteiger charge is -2.13. The topological polar surface area (TPSA) is 99.5 Å². The van der Waals surface area contributed by atoms with Crippen molar-refractivity contribution in [3.8, 4) is 5.88 Å². The number of nitrogens with zero attached hydrogens (tertiary/aromatic N) is 2. The fraction of sp³-hybridized carbons (Fsp3) is 0.167. The largest absolute Gasteiger partial charge is 0.494 e. The van der Waals surface area contributed by atoms with E-state index >= 15 is 0 Å². The minimum absolute atomic E-state index is 0.0253. The van der Waals surface area contributed by atoms with E-state index in [4.69, 9.17) is 0 Å². The van der Waals surface area contributed by atoms with Crippen LogP contribution in [0.15, 0.2) is 57.2 Å². The van der Waals surface area contributed by atoms with Gasteiger partial charge < -0.3 is 10.5 Å². The number of hydrazone groups is 1. The molecule has 0 saturated heterocycles. The third kappa shape index (κ3) is 2.40. The van der Waals surface area contributed by atoms with Gasteiger partial charge in [0.15, 0.2) is 0 Å². The zero-order chi connectivity index (χ0) is 17.6. The molecule has 0 fully saturated rings. The number of aromatic amines is 1. The van der Waals surface area contributed by atoms with E-state index in [9.17, 15) is 14.7 Å². The first-order valence-corrected chi connectivity index (χ1v) is 7.88. The predicted octanol–water partition coefficient (Wildman–Crippen LogP) is 1.37. The zero-order valence-electron chi connectivity index (χ0n) is 13.5. The van der Waals surface area contributed by atoms with Crippen LogP contribution < -0.4 is 16.7 Å². The number of fused-ring (bicyclic) bond motifs is 1. The lowest BCUT2D eigenvalue weighted by atomic mass is 9.95. The average molecular weight is 336 g/mol. The molecule has 4 rings (SSSR count). The van der Waals surface area contributed by atoms with Crippen LogP contribution in [0.5, 0.6) is 5.88 Å². The fourth-order valence-electron chi connectivity index (χ4n) is 3.20. The van der Waals surface area contributed by atoms with Crippen molar-refractivity contribution in [1.29, 1.82) is 0 Å². The zero-order valence-corrected chi connectivity index (χ0v) is 13.5. The second-order valence-electron chi connectivity index (χ2n) is 6.03. The summed E-state index contributed by atoms with van der Waals surface area (Å²) in [4.78, 5) is 25.9. The normalized spacial score (nSPS) is 16.7. The summed E-state index contributed by atoms with van der Waals surface area (Å²) in [5.41, 5.74) is 3.25. The van der Waals surface area contributed by atoms with Gasteiger partial charge in [-0.25, -0.2) is 4.79 Å². The summed E-state index contributed by atoms with van der Waals surface area (Å²) < 4.78 is 0.991. The Morgan fingerprint density at radius 3 is 2.76 bits per heavy atom. The predicted molar refractivity (Wildman–Crippen MR) is 94.9 cm³/mol. The van der Waals surface area contributed by atoms with Crippen molar-refractivity contribution in [3.05, 3.63) is 74.4 Å². The number of aromatic nitrogens is 2. The first-order valence-electron chi connectivity index (χ1n) is 7.88. The molecule has 0 radical (unpaired) electrons. The lowest BCUT2D eigenvalue weighted by Crippen LogP contribution is -2.32. The van der Waals surface area contributed by atoms with Crippen molar-refractivity contribution in [2.24, 2.45) is 12.1 Å². The molecule has 0 saturated carbocycles. The lowest BCUT2D eigenvalue weighted by molar-refractivity contribution is 0.416. The molecule has 0 amide bonds. The molecule has 3 N–H and O–H groups in total. The molecule has 1 aromatic heterocycles. The molecule has 2 aromatic carbocycles. The van der Waals surface area contributed by atoms with Crippen LogP contribution in [0.2, 0.25) is 0 Å². The van der Waals surface area contributed by atoms with E-state index in [1.54, 1.807) is 0 Å². The molecule has 7 nitrogen and oxygen atoms in total. The Morgan fingerprint density at radius 2 is 1.92 bits per heavy atom. The monoisotopic (exact) mass is 336 g/mol. The second-order valence-corrected chi connectivity index (χ2v) is 6.03. The summed E-state index contributed by atoms with van der Waals surface area (Å²) in [6.45, 7) is 0. The van der Waals surface area contributed by atoms with Gasteiger partial charge in [0, 0.05) is 13.5 Å². The van der Waals surface area contributed by atoms with Crippen LogP contribution in [0.1, 0.15) is 23.6 Å². The van der Waals surface area contributed by atoms with Crippen LogP contribution in [-0.4, -0.2) is 20.4 Å². The highest BCUT2D eigenvalue weighted by molar-refractivity contribution is 6.03. The van der Waals surface area contributed by atoms with E-state index in [1.165, 1.54) is 7.05 Å². The van der Waals surface area contributed by atoms with E-state index in [1.807, 2.05) is 42.5 Å². The standard InChI is InChI=1S/C18H16N4O3/c1-22-17(24)15(16(23)19-18(22)25)14-9-13(20-21-14)12-8-4-6-10-5-2-3-7-11(10)12/h2-8,13,20,24H,9H2,1H3,(H,19,23,25). The molecule has 3 aromatic rings. The molecule has 126 valence electrons. The molecule has 1 atom stereocenters. The van der Waals surface area contributed by atoms with Gasteiger partial charge in [-0.15, -0.1) is 0 Å². The number of nitrogens with one attached hydrogen (secondary N) is 2. The van der Waals surface area contributed by atoms with Crippen LogP contribution in [0.3, 0.4) is 0 Å². The van der Waals surface area contributed by atoms with Crippen LogP contribution in [0.4, 0.5) is 0 Å². The van der Waals surface area contributed by atoms with Gasteiger partial charge in [-0.05, 0) is 16.3 Å². The Kier molecular flexibility index (Phi) is 3.42. The van der Waals surface area contributed by atoms with E-state index < -0.39 is 11.2 Å².